The third-order valence-corrected chi connectivity index (χ3v) is 4.83. The summed E-state index contributed by atoms with van der Waals surface area (Å²) in [4.78, 5) is 0. The van der Waals surface area contributed by atoms with Crippen molar-refractivity contribution in [1.82, 2.24) is 0 Å². The molecule has 0 spiro atoms. The minimum atomic E-state index is -4.46. The third-order valence-electron chi connectivity index (χ3n) is 4.83. The molecule has 1 aromatic carbocycles. The summed E-state index contributed by atoms with van der Waals surface area (Å²) in [5, 5.41) is 29.6. The smallest absolute Gasteiger partial charge is 0.416 e. The van der Waals surface area contributed by atoms with Crippen LogP contribution in [0.25, 0.3) is 0 Å². The zero-order valence-corrected chi connectivity index (χ0v) is 13.8. The summed E-state index contributed by atoms with van der Waals surface area (Å²) in [6.45, 7) is -0.214. The van der Waals surface area contributed by atoms with Gasteiger partial charge in [-0.15, -0.1) is 0 Å². The van der Waals surface area contributed by atoms with Crippen molar-refractivity contribution in [3.05, 3.63) is 42.0 Å². The maximum Gasteiger partial charge on any atom is 0.416 e. The van der Waals surface area contributed by atoms with Crippen molar-refractivity contribution < 1.29 is 38.0 Å². The summed E-state index contributed by atoms with van der Waals surface area (Å²) in [5.41, 5.74) is -0.819. The lowest BCUT2D eigenvalue weighted by atomic mass is 9.91. The fourth-order valence-corrected chi connectivity index (χ4v) is 3.59. The first-order chi connectivity index (χ1) is 12.2. The van der Waals surface area contributed by atoms with Gasteiger partial charge in [0.1, 0.15) is 18.5 Å². The molecule has 6 atom stereocenters. The molecule has 1 aromatic rings. The summed E-state index contributed by atoms with van der Waals surface area (Å²) < 4.78 is 48.5. The standard InChI is InChI=1S/C18H21F3O5/c19-18(20,21)10-2-1-3-12(6-10)25-9-11(22)4-5-13-14-7-17(24)26-16(14)8-15(13)23/h1-6,11,13-17,22-24H,7-9H2. The molecule has 1 saturated carbocycles. The molecular weight excluding hydrogens is 353 g/mol. The minimum absolute atomic E-state index is 0.0144. The van der Waals surface area contributed by atoms with Gasteiger partial charge < -0.3 is 24.8 Å². The van der Waals surface area contributed by atoms with Crippen LogP contribution in [0.15, 0.2) is 36.4 Å². The topological polar surface area (TPSA) is 79.2 Å². The molecule has 6 unspecified atom stereocenters. The molecule has 0 bridgehead atoms. The van der Waals surface area contributed by atoms with Crippen LogP contribution in [0.2, 0.25) is 0 Å². The highest BCUT2D eigenvalue weighted by molar-refractivity contribution is 5.30. The zero-order chi connectivity index (χ0) is 18.9. The fourth-order valence-electron chi connectivity index (χ4n) is 3.59. The summed E-state index contributed by atoms with van der Waals surface area (Å²) in [5.74, 6) is -0.256. The van der Waals surface area contributed by atoms with E-state index in [1.54, 1.807) is 6.08 Å². The van der Waals surface area contributed by atoms with Gasteiger partial charge in [0, 0.05) is 18.8 Å². The third kappa shape index (κ3) is 4.37. The van der Waals surface area contributed by atoms with Crippen LogP contribution < -0.4 is 4.74 Å². The van der Waals surface area contributed by atoms with E-state index in [-0.39, 0.29) is 30.3 Å². The monoisotopic (exact) mass is 374 g/mol. The minimum Gasteiger partial charge on any atom is -0.491 e. The lowest BCUT2D eigenvalue weighted by Gasteiger charge is -2.17. The Bertz CT molecular complexity index is 648. The number of halogens is 3. The number of rotatable bonds is 5. The van der Waals surface area contributed by atoms with Crippen LogP contribution in [0.5, 0.6) is 5.75 Å². The average molecular weight is 374 g/mol. The molecule has 1 aliphatic carbocycles. The van der Waals surface area contributed by atoms with E-state index in [1.807, 2.05) is 0 Å². The number of fused-ring (bicyclic) bond motifs is 1. The first kappa shape index (κ1) is 19.2. The van der Waals surface area contributed by atoms with Crippen molar-refractivity contribution in [1.29, 1.82) is 0 Å². The molecule has 1 aliphatic heterocycles. The van der Waals surface area contributed by atoms with Gasteiger partial charge in [0.25, 0.3) is 0 Å². The Labute approximate surface area is 148 Å². The first-order valence-corrected chi connectivity index (χ1v) is 8.42. The highest BCUT2D eigenvalue weighted by Gasteiger charge is 2.47. The normalized spacial score (nSPS) is 32.8. The lowest BCUT2D eigenvalue weighted by molar-refractivity contribution is -0.137. The lowest BCUT2D eigenvalue weighted by Crippen LogP contribution is -2.20. The summed E-state index contributed by atoms with van der Waals surface area (Å²) in [7, 11) is 0. The Kier molecular flexibility index (Phi) is 5.57. The highest BCUT2D eigenvalue weighted by atomic mass is 19.4. The zero-order valence-electron chi connectivity index (χ0n) is 13.8. The number of ether oxygens (including phenoxy) is 2. The van der Waals surface area contributed by atoms with Gasteiger partial charge in [-0.1, -0.05) is 18.2 Å². The molecule has 3 rings (SSSR count). The van der Waals surface area contributed by atoms with Crippen LogP contribution in [-0.4, -0.2) is 46.5 Å². The van der Waals surface area contributed by atoms with E-state index in [2.05, 4.69) is 0 Å². The number of aliphatic hydroxyl groups is 3. The van der Waals surface area contributed by atoms with Crippen LogP contribution in [-0.2, 0) is 10.9 Å². The van der Waals surface area contributed by atoms with Gasteiger partial charge in [-0.3, -0.25) is 0 Å². The molecule has 1 saturated heterocycles. The maximum atomic E-state index is 12.7. The van der Waals surface area contributed by atoms with Crippen LogP contribution in [0.4, 0.5) is 13.2 Å². The average Bonchev–Trinajstić information content (AvgIpc) is 3.05. The van der Waals surface area contributed by atoms with Gasteiger partial charge in [0.2, 0.25) is 0 Å². The van der Waals surface area contributed by atoms with Gasteiger partial charge in [-0.2, -0.15) is 13.2 Å². The highest BCUT2D eigenvalue weighted by Crippen LogP contribution is 2.43. The van der Waals surface area contributed by atoms with E-state index < -0.39 is 30.2 Å². The largest absolute Gasteiger partial charge is 0.491 e. The predicted molar refractivity (Wildman–Crippen MR) is 85.2 cm³/mol. The second-order valence-corrected chi connectivity index (χ2v) is 6.70. The fraction of sp³-hybridized carbons (Fsp3) is 0.556. The van der Waals surface area contributed by atoms with Crippen LogP contribution in [0, 0.1) is 11.8 Å². The molecule has 26 heavy (non-hydrogen) atoms. The number of hydrogen-bond acceptors (Lipinski definition) is 5. The van der Waals surface area contributed by atoms with Crippen LogP contribution in [0.3, 0.4) is 0 Å². The Morgan fingerprint density at radius 3 is 2.77 bits per heavy atom. The van der Waals surface area contributed by atoms with Crippen molar-refractivity contribution in [3.8, 4) is 5.75 Å². The van der Waals surface area contributed by atoms with E-state index in [4.69, 9.17) is 9.47 Å². The Balaban J connectivity index is 1.54. The van der Waals surface area contributed by atoms with Gasteiger partial charge in [-0.05, 0) is 24.1 Å². The molecule has 3 N–H and O–H groups in total. The van der Waals surface area contributed by atoms with Crippen molar-refractivity contribution in [3.63, 3.8) is 0 Å². The van der Waals surface area contributed by atoms with E-state index in [1.165, 1.54) is 18.2 Å². The van der Waals surface area contributed by atoms with Gasteiger partial charge >= 0.3 is 6.18 Å². The maximum absolute atomic E-state index is 12.7. The van der Waals surface area contributed by atoms with Gasteiger partial charge in [0.15, 0.2) is 6.29 Å². The second-order valence-electron chi connectivity index (χ2n) is 6.70. The molecule has 0 amide bonds. The number of alkyl halides is 3. The molecule has 144 valence electrons. The number of benzene rings is 1. The summed E-state index contributed by atoms with van der Waals surface area (Å²) in [6, 6.07) is 4.44. The van der Waals surface area contributed by atoms with Crippen molar-refractivity contribution >= 4 is 0 Å². The van der Waals surface area contributed by atoms with Gasteiger partial charge in [0.05, 0.1) is 17.8 Å². The second kappa shape index (κ2) is 7.56. The molecule has 0 aromatic heterocycles. The molecular formula is C18H21F3O5. The summed E-state index contributed by atoms with van der Waals surface area (Å²) >= 11 is 0. The van der Waals surface area contributed by atoms with Crippen molar-refractivity contribution in [2.45, 2.75) is 43.6 Å². The van der Waals surface area contributed by atoms with Crippen LogP contribution >= 0.6 is 0 Å². The molecule has 1 heterocycles. The molecule has 2 aliphatic rings. The molecule has 5 nitrogen and oxygen atoms in total. The van der Waals surface area contributed by atoms with E-state index in [0.717, 1.165) is 12.1 Å². The quantitative estimate of drug-likeness (QED) is 0.688. The summed E-state index contributed by atoms with van der Waals surface area (Å²) in [6.07, 6.45) is -3.18. The number of hydrogen-bond donors (Lipinski definition) is 3. The Hall–Kier alpha value is -1.61. The van der Waals surface area contributed by atoms with E-state index in [9.17, 15) is 28.5 Å². The van der Waals surface area contributed by atoms with E-state index in [0.29, 0.717) is 12.8 Å². The number of aliphatic hydroxyl groups excluding tert-OH is 3. The van der Waals surface area contributed by atoms with E-state index >= 15 is 0 Å². The molecule has 8 heteroatoms. The van der Waals surface area contributed by atoms with Crippen LogP contribution in [0.1, 0.15) is 18.4 Å². The van der Waals surface area contributed by atoms with Gasteiger partial charge in [-0.25, -0.2) is 0 Å². The Morgan fingerprint density at radius 1 is 1.27 bits per heavy atom. The Morgan fingerprint density at radius 2 is 2.04 bits per heavy atom. The molecule has 0 radical (unpaired) electrons. The predicted octanol–water partition coefficient (Wildman–Crippen LogP) is 2.11. The SMILES string of the molecule is OC(C=CC1C(O)CC2OC(O)CC21)COc1cccc(C(F)(F)F)c1. The first-order valence-electron chi connectivity index (χ1n) is 8.42. The van der Waals surface area contributed by atoms with Crippen molar-refractivity contribution in [2.75, 3.05) is 6.61 Å². The molecule has 2 fully saturated rings. The van der Waals surface area contributed by atoms with Crippen molar-refractivity contribution in [2.24, 2.45) is 11.8 Å².